The maximum atomic E-state index is 11.4. The lowest BCUT2D eigenvalue weighted by atomic mass is 9.98. The summed E-state index contributed by atoms with van der Waals surface area (Å²) in [4.78, 5) is 26.2. The smallest absolute Gasteiger partial charge is 0.221 e. The Bertz CT molecular complexity index is 961. The Morgan fingerprint density at radius 1 is 1.16 bits per heavy atom. The minimum atomic E-state index is -0.130. The maximum absolute atomic E-state index is 11.4. The molecule has 0 aromatic heterocycles. The van der Waals surface area contributed by atoms with Crippen molar-refractivity contribution in [2.24, 2.45) is 0 Å². The molecule has 2 aliphatic heterocycles. The Morgan fingerprint density at radius 2 is 1.97 bits per heavy atom. The van der Waals surface area contributed by atoms with E-state index in [4.69, 9.17) is 0 Å². The van der Waals surface area contributed by atoms with Crippen molar-refractivity contribution in [2.45, 2.75) is 45.4 Å². The predicted molar refractivity (Wildman–Crippen MR) is 128 cm³/mol. The Morgan fingerprint density at radius 3 is 2.72 bits per heavy atom. The number of nitrogens with one attached hydrogen (secondary N) is 6. The van der Waals surface area contributed by atoms with E-state index in [1.165, 1.54) is 28.8 Å². The van der Waals surface area contributed by atoms with Gasteiger partial charge in [0, 0.05) is 37.5 Å². The molecular formula is C22H31N7O2S. The molecule has 10 heteroatoms. The van der Waals surface area contributed by atoms with Gasteiger partial charge in [0.15, 0.2) is 6.29 Å². The zero-order valence-corrected chi connectivity index (χ0v) is 19.5. The number of nitrogens with zero attached hydrogens (tertiary/aromatic N) is 1. The highest BCUT2D eigenvalue weighted by molar-refractivity contribution is 8.04. The molecule has 6 N–H and O–H groups in total. The zero-order chi connectivity index (χ0) is 22.7. The average molecular weight is 458 g/mol. The third kappa shape index (κ3) is 5.20. The second kappa shape index (κ2) is 9.85. The number of rotatable bonds is 7. The van der Waals surface area contributed by atoms with Gasteiger partial charge in [-0.2, -0.15) is 0 Å². The van der Waals surface area contributed by atoms with Gasteiger partial charge in [0.2, 0.25) is 11.8 Å². The van der Waals surface area contributed by atoms with Gasteiger partial charge in [0.1, 0.15) is 5.50 Å². The van der Waals surface area contributed by atoms with Crippen LogP contribution in [0.15, 0.2) is 46.1 Å². The fourth-order valence-electron chi connectivity index (χ4n) is 4.03. The van der Waals surface area contributed by atoms with E-state index in [0.29, 0.717) is 6.67 Å². The molecule has 32 heavy (non-hydrogen) atoms. The second-order valence-electron chi connectivity index (χ2n) is 8.06. The van der Waals surface area contributed by atoms with Gasteiger partial charge in [-0.05, 0) is 43.2 Å². The molecule has 0 saturated heterocycles. The number of hydrogen-bond donors (Lipinski definition) is 6. The van der Waals surface area contributed by atoms with Gasteiger partial charge in [0.25, 0.3) is 0 Å². The summed E-state index contributed by atoms with van der Waals surface area (Å²) >= 11 is 1.80. The Kier molecular flexibility index (Phi) is 6.92. The van der Waals surface area contributed by atoms with Crippen molar-refractivity contribution >= 4 is 35.0 Å². The maximum Gasteiger partial charge on any atom is 0.221 e. The van der Waals surface area contributed by atoms with Gasteiger partial charge in [0.05, 0.1) is 17.3 Å². The fraction of sp³-hybridized carbons (Fsp3) is 0.455. The van der Waals surface area contributed by atoms with E-state index < -0.39 is 0 Å². The first-order valence-corrected chi connectivity index (χ1v) is 11.8. The highest BCUT2D eigenvalue weighted by Crippen LogP contribution is 2.43. The van der Waals surface area contributed by atoms with Crippen LogP contribution < -0.4 is 31.9 Å². The van der Waals surface area contributed by atoms with Crippen molar-refractivity contribution in [1.82, 2.24) is 26.2 Å². The molecule has 0 fully saturated rings. The number of carbonyl (C=O) groups excluding carboxylic acids is 2. The number of allylic oxidation sites excluding steroid dienone is 1. The molecule has 1 aromatic rings. The fourth-order valence-corrected chi connectivity index (χ4v) is 5.45. The molecule has 1 aromatic carbocycles. The van der Waals surface area contributed by atoms with Crippen molar-refractivity contribution < 1.29 is 9.59 Å². The summed E-state index contributed by atoms with van der Waals surface area (Å²) in [6.07, 6.45) is 1.88. The van der Waals surface area contributed by atoms with Crippen LogP contribution in [0.4, 0.5) is 11.4 Å². The standard InChI is InChI=1S/C22H31N7O2S/c1-4-29(12-24-13(2)30)22-27-18-9-8-15-11-23-21(28-19(15)20(18)32-22)26-17-7-5-6-16(10-17)25-14(3)31/h5-7,10,21-23,26-28H,4,8-9,11-12H2,1-3H3,(H,24,30)(H,25,31). The van der Waals surface area contributed by atoms with Crippen LogP contribution in [-0.4, -0.2) is 48.3 Å². The van der Waals surface area contributed by atoms with Gasteiger partial charge in [-0.25, -0.2) is 0 Å². The van der Waals surface area contributed by atoms with E-state index in [9.17, 15) is 9.59 Å². The van der Waals surface area contributed by atoms with Crippen LogP contribution in [0.25, 0.3) is 0 Å². The van der Waals surface area contributed by atoms with Gasteiger partial charge < -0.3 is 26.6 Å². The normalized spacial score (nSPS) is 22.0. The van der Waals surface area contributed by atoms with Crippen LogP contribution in [0.3, 0.4) is 0 Å². The third-order valence-electron chi connectivity index (χ3n) is 5.63. The number of anilines is 2. The molecule has 4 rings (SSSR count). The first kappa shape index (κ1) is 22.5. The van der Waals surface area contributed by atoms with Crippen LogP contribution in [-0.2, 0) is 9.59 Å². The molecule has 9 nitrogen and oxygen atoms in total. The number of thioether (sulfide) groups is 1. The number of hydrogen-bond acceptors (Lipinski definition) is 8. The van der Waals surface area contributed by atoms with Crippen molar-refractivity contribution in [2.75, 3.05) is 30.4 Å². The van der Waals surface area contributed by atoms with Gasteiger partial charge in [-0.1, -0.05) is 24.8 Å². The SMILES string of the molecule is CCN(CNC(C)=O)C1NC2=C(S1)C1=C(CC2)CNC(Nc2cccc(NC(C)=O)c2)N1. The molecule has 172 valence electrons. The Balaban J connectivity index is 1.42. The molecule has 2 unspecified atom stereocenters. The molecule has 2 heterocycles. The number of carbonyl (C=O) groups is 2. The van der Waals surface area contributed by atoms with E-state index in [1.54, 1.807) is 18.7 Å². The van der Waals surface area contributed by atoms with E-state index in [-0.39, 0.29) is 23.6 Å². The van der Waals surface area contributed by atoms with Crippen molar-refractivity contribution in [3.63, 3.8) is 0 Å². The molecular weight excluding hydrogens is 426 g/mol. The van der Waals surface area contributed by atoms with E-state index in [1.807, 2.05) is 24.3 Å². The van der Waals surface area contributed by atoms with Crippen LogP contribution in [0, 0.1) is 0 Å². The van der Waals surface area contributed by atoms with E-state index in [0.717, 1.165) is 37.3 Å². The summed E-state index contributed by atoms with van der Waals surface area (Å²) in [5.74, 6) is -0.113. The largest absolute Gasteiger partial charge is 0.363 e. The first-order valence-electron chi connectivity index (χ1n) is 10.9. The summed E-state index contributed by atoms with van der Waals surface area (Å²) in [5, 5.41) is 20.0. The number of benzene rings is 1. The second-order valence-corrected chi connectivity index (χ2v) is 9.15. The minimum Gasteiger partial charge on any atom is -0.363 e. The quantitative estimate of drug-likeness (QED) is 0.344. The summed E-state index contributed by atoms with van der Waals surface area (Å²) in [5.41, 5.74) is 5.61. The first-order chi connectivity index (χ1) is 15.4. The third-order valence-corrected chi connectivity index (χ3v) is 6.96. The minimum absolute atomic E-state index is 0.0225. The molecule has 3 aliphatic rings. The topological polar surface area (TPSA) is 110 Å². The molecule has 0 radical (unpaired) electrons. The van der Waals surface area contributed by atoms with Crippen LogP contribution in [0.1, 0.15) is 33.6 Å². The summed E-state index contributed by atoms with van der Waals surface area (Å²) in [7, 11) is 0. The average Bonchev–Trinajstić information content (AvgIpc) is 3.18. The monoisotopic (exact) mass is 457 g/mol. The lowest BCUT2D eigenvalue weighted by Gasteiger charge is -2.34. The molecule has 0 bridgehead atoms. The van der Waals surface area contributed by atoms with E-state index in [2.05, 4.69) is 43.7 Å². The van der Waals surface area contributed by atoms with Gasteiger partial charge in [-0.3, -0.25) is 19.8 Å². The van der Waals surface area contributed by atoms with Crippen LogP contribution in [0.2, 0.25) is 0 Å². The molecule has 1 aliphatic carbocycles. The lowest BCUT2D eigenvalue weighted by molar-refractivity contribution is -0.119. The molecule has 0 saturated carbocycles. The van der Waals surface area contributed by atoms with Crippen molar-refractivity contribution in [3.8, 4) is 0 Å². The highest BCUT2D eigenvalue weighted by atomic mass is 32.2. The van der Waals surface area contributed by atoms with Gasteiger partial charge in [-0.15, -0.1) is 0 Å². The molecule has 2 atom stereocenters. The lowest BCUT2D eigenvalue weighted by Crippen LogP contribution is -2.52. The molecule has 2 amide bonds. The van der Waals surface area contributed by atoms with Crippen molar-refractivity contribution in [3.05, 3.63) is 46.1 Å². The summed E-state index contributed by atoms with van der Waals surface area (Å²) in [6, 6.07) is 7.68. The summed E-state index contributed by atoms with van der Waals surface area (Å²) < 4.78 is 0. The Hall–Kier alpha value is -2.69. The van der Waals surface area contributed by atoms with Gasteiger partial charge >= 0.3 is 0 Å². The van der Waals surface area contributed by atoms with Crippen LogP contribution in [0.5, 0.6) is 0 Å². The number of fused-ring (bicyclic) bond motifs is 1. The highest BCUT2D eigenvalue weighted by Gasteiger charge is 2.35. The van der Waals surface area contributed by atoms with E-state index >= 15 is 0 Å². The van der Waals surface area contributed by atoms with Crippen LogP contribution >= 0.6 is 11.8 Å². The molecule has 0 spiro atoms. The number of amides is 2. The van der Waals surface area contributed by atoms with Crippen molar-refractivity contribution in [1.29, 1.82) is 0 Å². The summed E-state index contributed by atoms with van der Waals surface area (Å²) in [6.45, 7) is 7.32. The Labute approximate surface area is 192 Å². The zero-order valence-electron chi connectivity index (χ0n) is 18.7. The predicted octanol–water partition coefficient (Wildman–Crippen LogP) is 1.83.